The third-order valence-electron chi connectivity index (χ3n) is 4.55. The summed E-state index contributed by atoms with van der Waals surface area (Å²) in [6.07, 6.45) is 1.27. The monoisotopic (exact) mass is 397 g/mol. The number of carbonyl (C=O) groups excluding carboxylic acids is 4. The molecule has 3 rings (SSSR count). The maximum atomic E-state index is 13.2. The van der Waals surface area contributed by atoms with Crippen LogP contribution in [0.25, 0.3) is 0 Å². The van der Waals surface area contributed by atoms with Crippen LogP contribution in [0.3, 0.4) is 0 Å². The van der Waals surface area contributed by atoms with Crippen LogP contribution < -0.4 is 10.2 Å². The molecule has 2 aromatic rings. The molecule has 2 heterocycles. The molecule has 1 aromatic heterocycles. The van der Waals surface area contributed by atoms with E-state index in [1.807, 2.05) is 0 Å². The fourth-order valence-electron chi connectivity index (χ4n) is 3.42. The molecule has 1 atom stereocenters. The van der Waals surface area contributed by atoms with E-state index in [0.717, 1.165) is 4.90 Å². The number of hydrogen-bond acceptors (Lipinski definition) is 5. The Morgan fingerprint density at radius 2 is 1.79 bits per heavy atom. The van der Waals surface area contributed by atoms with E-state index in [2.05, 4.69) is 5.32 Å². The summed E-state index contributed by atoms with van der Waals surface area (Å²) in [5.41, 5.74) is 0.229. The normalized spacial score (nSPS) is 16.8. The molecule has 4 amide bonds. The second-order valence-corrected chi connectivity index (χ2v) is 7.84. The summed E-state index contributed by atoms with van der Waals surface area (Å²) in [6.45, 7) is 6.80. The molecule has 1 aromatic carbocycles. The number of benzene rings is 1. The zero-order chi connectivity index (χ0) is 21.3. The van der Waals surface area contributed by atoms with E-state index in [4.69, 9.17) is 4.42 Å². The van der Waals surface area contributed by atoms with Gasteiger partial charge in [0.15, 0.2) is 5.76 Å². The van der Waals surface area contributed by atoms with Crippen LogP contribution in [0.1, 0.15) is 44.7 Å². The van der Waals surface area contributed by atoms with Gasteiger partial charge in [0, 0.05) is 18.2 Å². The van der Waals surface area contributed by atoms with Crippen molar-refractivity contribution in [2.24, 2.45) is 0 Å². The van der Waals surface area contributed by atoms with Crippen molar-refractivity contribution in [2.45, 2.75) is 45.7 Å². The molecule has 0 radical (unpaired) electrons. The average Bonchev–Trinajstić information content (AvgIpc) is 3.24. The van der Waals surface area contributed by atoms with Crippen molar-refractivity contribution in [2.75, 3.05) is 10.2 Å². The fourth-order valence-corrected chi connectivity index (χ4v) is 3.42. The van der Waals surface area contributed by atoms with Crippen molar-refractivity contribution in [1.82, 2.24) is 4.90 Å². The second-order valence-electron chi connectivity index (χ2n) is 7.84. The van der Waals surface area contributed by atoms with Gasteiger partial charge >= 0.3 is 0 Å². The van der Waals surface area contributed by atoms with Gasteiger partial charge in [-0.1, -0.05) is 0 Å². The Bertz CT molecular complexity index is 942. The molecule has 0 aliphatic carbocycles. The fraction of sp³-hybridized carbons (Fsp3) is 0.333. The van der Waals surface area contributed by atoms with Gasteiger partial charge in [0.1, 0.15) is 6.04 Å². The number of nitrogens with one attached hydrogen (secondary N) is 1. The first-order valence-electron chi connectivity index (χ1n) is 9.21. The van der Waals surface area contributed by atoms with Crippen molar-refractivity contribution >= 4 is 35.0 Å². The van der Waals surface area contributed by atoms with Gasteiger partial charge in [-0.2, -0.15) is 0 Å². The quantitative estimate of drug-likeness (QED) is 0.800. The Labute approximate surface area is 168 Å². The first-order chi connectivity index (χ1) is 13.6. The molecule has 1 saturated heterocycles. The molecule has 0 saturated carbocycles. The van der Waals surface area contributed by atoms with Crippen molar-refractivity contribution < 1.29 is 23.6 Å². The zero-order valence-electron chi connectivity index (χ0n) is 16.8. The van der Waals surface area contributed by atoms with Crippen LogP contribution >= 0.6 is 0 Å². The number of amides is 4. The van der Waals surface area contributed by atoms with E-state index in [9.17, 15) is 19.2 Å². The Hall–Kier alpha value is -3.42. The van der Waals surface area contributed by atoms with E-state index in [0.29, 0.717) is 11.4 Å². The van der Waals surface area contributed by atoms with Gasteiger partial charge in [0.05, 0.1) is 18.4 Å². The number of rotatable bonds is 4. The number of furan rings is 1. The summed E-state index contributed by atoms with van der Waals surface area (Å²) in [5, 5.41) is 2.63. The first kappa shape index (κ1) is 20.3. The van der Waals surface area contributed by atoms with Crippen LogP contribution in [0.2, 0.25) is 0 Å². The number of nitrogens with zero attached hydrogens (tertiary/aromatic N) is 2. The minimum atomic E-state index is -0.935. The van der Waals surface area contributed by atoms with Gasteiger partial charge < -0.3 is 14.6 Å². The minimum absolute atomic E-state index is 0.110. The molecule has 29 heavy (non-hydrogen) atoms. The first-order valence-corrected chi connectivity index (χ1v) is 9.21. The lowest BCUT2D eigenvalue weighted by Crippen LogP contribution is -2.54. The van der Waals surface area contributed by atoms with Crippen molar-refractivity contribution in [3.8, 4) is 0 Å². The van der Waals surface area contributed by atoms with Crippen molar-refractivity contribution in [3.63, 3.8) is 0 Å². The Morgan fingerprint density at radius 1 is 1.14 bits per heavy atom. The van der Waals surface area contributed by atoms with Crippen LogP contribution in [-0.4, -0.2) is 40.1 Å². The molecule has 152 valence electrons. The largest absolute Gasteiger partial charge is 0.459 e. The Morgan fingerprint density at radius 3 is 2.31 bits per heavy atom. The highest BCUT2D eigenvalue weighted by molar-refractivity contribution is 6.23. The molecule has 8 nitrogen and oxygen atoms in total. The van der Waals surface area contributed by atoms with Gasteiger partial charge in [0.2, 0.25) is 11.8 Å². The lowest BCUT2D eigenvalue weighted by atomic mass is 10.0. The smallest absolute Gasteiger partial charge is 0.290 e. The van der Waals surface area contributed by atoms with Crippen LogP contribution in [-0.2, 0) is 14.4 Å². The maximum Gasteiger partial charge on any atom is 0.290 e. The highest BCUT2D eigenvalue weighted by Gasteiger charge is 2.48. The lowest BCUT2D eigenvalue weighted by molar-refractivity contribution is -0.123. The zero-order valence-corrected chi connectivity index (χ0v) is 16.8. The molecule has 8 heteroatoms. The summed E-state index contributed by atoms with van der Waals surface area (Å²) < 4.78 is 5.21. The molecule has 0 spiro atoms. The summed E-state index contributed by atoms with van der Waals surface area (Å²) in [5.74, 6) is -1.43. The van der Waals surface area contributed by atoms with Gasteiger partial charge in [-0.3, -0.25) is 19.2 Å². The molecule has 1 aliphatic heterocycles. The SMILES string of the molecule is CC(=O)Nc1ccc(N2C(=O)CC(N(C(=O)c3ccco3)C(C)(C)C)C2=O)cc1. The number of carbonyl (C=O) groups is 4. The van der Waals surface area contributed by atoms with E-state index >= 15 is 0 Å². The topological polar surface area (TPSA) is 99.9 Å². The Balaban J connectivity index is 1.90. The molecule has 0 bridgehead atoms. The van der Waals surface area contributed by atoms with Crippen molar-refractivity contribution in [1.29, 1.82) is 0 Å². The van der Waals surface area contributed by atoms with E-state index in [1.54, 1.807) is 51.1 Å². The third kappa shape index (κ3) is 4.06. The third-order valence-corrected chi connectivity index (χ3v) is 4.55. The molecule has 1 fully saturated rings. The van der Waals surface area contributed by atoms with E-state index in [1.165, 1.54) is 24.2 Å². The van der Waals surface area contributed by atoms with E-state index in [-0.39, 0.29) is 18.1 Å². The summed E-state index contributed by atoms with van der Waals surface area (Å²) in [7, 11) is 0. The molecular formula is C21H23N3O5. The average molecular weight is 397 g/mol. The maximum absolute atomic E-state index is 13.2. The van der Waals surface area contributed by atoms with Crippen LogP contribution in [0.4, 0.5) is 11.4 Å². The van der Waals surface area contributed by atoms with Gasteiger partial charge in [-0.25, -0.2) is 4.90 Å². The van der Waals surface area contributed by atoms with Crippen LogP contribution in [0.15, 0.2) is 47.1 Å². The summed E-state index contributed by atoms with van der Waals surface area (Å²) >= 11 is 0. The predicted molar refractivity (Wildman–Crippen MR) is 106 cm³/mol. The summed E-state index contributed by atoms with van der Waals surface area (Å²) in [4.78, 5) is 52.5. The molecule has 1 unspecified atom stereocenters. The predicted octanol–water partition coefficient (Wildman–Crippen LogP) is 2.81. The number of hydrogen-bond donors (Lipinski definition) is 1. The standard InChI is InChI=1S/C21H23N3O5/c1-13(25)22-14-7-9-15(10-8-14)23-18(26)12-16(19(23)27)24(21(2,3)4)20(28)17-6-5-11-29-17/h5-11,16H,12H2,1-4H3,(H,22,25). The molecule has 1 aliphatic rings. The number of anilines is 2. The summed E-state index contributed by atoms with van der Waals surface area (Å²) in [6, 6.07) is 8.58. The minimum Gasteiger partial charge on any atom is -0.459 e. The van der Waals surface area contributed by atoms with Gasteiger partial charge in [-0.15, -0.1) is 0 Å². The van der Waals surface area contributed by atoms with E-state index < -0.39 is 29.3 Å². The van der Waals surface area contributed by atoms with Gasteiger partial charge in [-0.05, 0) is 57.2 Å². The highest BCUT2D eigenvalue weighted by Crippen LogP contribution is 2.31. The lowest BCUT2D eigenvalue weighted by Gasteiger charge is -2.38. The molecule has 1 N–H and O–H groups in total. The Kier molecular flexibility index (Phi) is 5.28. The number of imide groups is 1. The van der Waals surface area contributed by atoms with Crippen molar-refractivity contribution in [3.05, 3.63) is 48.4 Å². The molecular weight excluding hydrogens is 374 g/mol. The second kappa shape index (κ2) is 7.54. The van der Waals surface area contributed by atoms with Crippen LogP contribution in [0.5, 0.6) is 0 Å². The van der Waals surface area contributed by atoms with Gasteiger partial charge in [0.25, 0.3) is 11.8 Å². The highest BCUT2D eigenvalue weighted by atomic mass is 16.3. The van der Waals surface area contributed by atoms with Crippen LogP contribution in [0, 0.1) is 0 Å².